The third-order valence-electron chi connectivity index (χ3n) is 5.69. The first kappa shape index (κ1) is 16.3. The predicted molar refractivity (Wildman–Crippen MR) is 94.3 cm³/mol. The van der Waals surface area contributed by atoms with Crippen molar-refractivity contribution in [3.63, 3.8) is 0 Å². The van der Waals surface area contributed by atoms with Crippen LogP contribution >= 0.6 is 0 Å². The Balaban J connectivity index is 1.64. The number of fused-ring (bicyclic) bond motifs is 2. The number of carbonyl (C=O) groups excluding carboxylic acids is 1. The molecule has 3 N–H and O–H groups in total. The number of carbonyl (C=O) groups is 1. The quantitative estimate of drug-likeness (QED) is 0.788. The first-order valence-corrected chi connectivity index (χ1v) is 8.98. The molecule has 132 valence electrons. The maximum absolute atomic E-state index is 12.6. The van der Waals surface area contributed by atoms with Crippen molar-refractivity contribution in [3.05, 3.63) is 53.3 Å². The molecule has 0 bridgehead atoms. The topological polar surface area (TPSA) is 79.2 Å². The highest BCUT2D eigenvalue weighted by Gasteiger charge is 2.52. The van der Waals surface area contributed by atoms with Crippen molar-refractivity contribution in [2.75, 3.05) is 13.1 Å². The Labute approximate surface area is 147 Å². The lowest BCUT2D eigenvalue weighted by Gasteiger charge is -2.38. The smallest absolute Gasteiger partial charge is 0.272 e. The van der Waals surface area contributed by atoms with Crippen LogP contribution in [0.5, 0.6) is 0 Å². The van der Waals surface area contributed by atoms with E-state index in [1.165, 1.54) is 5.56 Å². The SMILES string of the molecule is CCn1ccc(C(=O)N[C@@H]2c3ccccc3C3(CCNCC3)[C@H]2O)n1. The van der Waals surface area contributed by atoms with E-state index < -0.39 is 12.1 Å². The number of hydrogen-bond donors (Lipinski definition) is 3. The molecule has 1 aromatic carbocycles. The summed E-state index contributed by atoms with van der Waals surface area (Å²) in [6, 6.07) is 9.42. The molecule has 6 nitrogen and oxygen atoms in total. The molecule has 2 atom stereocenters. The Morgan fingerprint density at radius 3 is 2.84 bits per heavy atom. The molecule has 1 aliphatic carbocycles. The van der Waals surface area contributed by atoms with Crippen molar-refractivity contribution in [3.8, 4) is 0 Å². The molecule has 1 fully saturated rings. The fraction of sp³-hybridized carbons (Fsp3) is 0.474. The Hall–Kier alpha value is -2.18. The van der Waals surface area contributed by atoms with Crippen LogP contribution < -0.4 is 10.6 Å². The summed E-state index contributed by atoms with van der Waals surface area (Å²) in [4.78, 5) is 12.6. The first-order valence-electron chi connectivity index (χ1n) is 8.98. The Bertz CT molecular complexity index is 779. The minimum Gasteiger partial charge on any atom is -0.390 e. The Kier molecular flexibility index (Phi) is 4.09. The van der Waals surface area contributed by atoms with Gasteiger partial charge in [-0.05, 0) is 50.0 Å². The number of amides is 1. The number of aromatic nitrogens is 2. The highest BCUT2D eigenvalue weighted by molar-refractivity contribution is 5.92. The van der Waals surface area contributed by atoms with Crippen LogP contribution in [0.1, 0.15) is 47.4 Å². The second kappa shape index (κ2) is 6.28. The molecule has 2 aliphatic rings. The van der Waals surface area contributed by atoms with Gasteiger partial charge in [-0.3, -0.25) is 9.48 Å². The molecule has 0 radical (unpaired) electrons. The molecule has 6 heteroatoms. The largest absolute Gasteiger partial charge is 0.390 e. The summed E-state index contributed by atoms with van der Waals surface area (Å²) in [5.74, 6) is -0.239. The van der Waals surface area contributed by atoms with E-state index >= 15 is 0 Å². The van der Waals surface area contributed by atoms with Crippen LogP contribution in [-0.2, 0) is 12.0 Å². The van der Waals surface area contributed by atoms with Gasteiger partial charge in [0, 0.05) is 18.2 Å². The number of nitrogens with zero attached hydrogens (tertiary/aromatic N) is 2. The minimum absolute atomic E-state index is 0.239. The molecular weight excluding hydrogens is 316 g/mol. The van der Waals surface area contributed by atoms with Crippen LogP contribution in [0, 0.1) is 0 Å². The van der Waals surface area contributed by atoms with E-state index in [1.807, 2.05) is 25.1 Å². The molecule has 4 rings (SSSR count). The fourth-order valence-corrected chi connectivity index (χ4v) is 4.34. The van der Waals surface area contributed by atoms with E-state index in [0.29, 0.717) is 5.69 Å². The van der Waals surface area contributed by atoms with Gasteiger partial charge in [0.05, 0.1) is 12.1 Å². The number of aliphatic hydroxyl groups excluding tert-OH is 1. The summed E-state index contributed by atoms with van der Waals surface area (Å²) in [5.41, 5.74) is 2.31. The third kappa shape index (κ3) is 2.56. The van der Waals surface area contributed by atoms with Crippen LogP contribution in [-0.4, -0.2) is 40.0 Å². The number of benzene rings is 1. The van der Waals surface area contributed by atoms with Crippen molar-refractivity contribution < 1.29 is 9.90 Å². The molecular formula is C19H24N4O2. The standard InChI is InChI=1S/C19H24N4O2/c1-2-23-12-7-15(22-23)18(25)21-16-13-5-3-4-6-14(13)19(17(16)24)8-10-20-11-9-19/h3-7,12,16-17,20,24H,2,8-11H2,1H3,(H,21,25)/t16-,17+/m1/s1. The lowest BCUT2D eigenvalue weighted by molar-refractivity contribution is 0.0416. The summed E-state index contributed by atoms with van der Waals surface area (Å²) < 4.78 is 1.72. The summed E-state index contributed by atoms with van der Waals surface area (Å²) in [6.45, 7) is 4.46. The number of aryl methyl sites for hydroxylation is 1. The van der Waals surface area contributed by atoms with Gasteiger partial charge >= 0.3 is 0 Å². The van der Waals surface area contributed by atoms with Crippen molar-refractivity contribution in [1.82, 2.24) is 20.4 Å². The van der Waals surface area contributed by atoms with E-state index in [9.17, 15) is 9.90 Å². The van der Waals surface area contributed by atoms with Crippen LogP contribution in [0.15, 0.2) is 36.5 Å². The van der Waals surface area contributed by atoms with E-state index in [2.05, 4.69) is 21.8 Å². The molecule has 25 heavy (non-hydrogen) atoms. The van der Waals surface area contributed by atoms with Gasteiger partial charge in [-0.1, -0.05) is 24.3 Å². The van der Waals surface area contributed by atoms with Gasteiger partial charge in [-0.15, -0.1) is 0 Å². The van der Waals surface area contributed by atoms with Crippen molar-refractivity contribution in [2.45, 2.75) is 43.9 Å². The van der Waals surface area contributed by atoms with Crippen molar-refractivity contribution in [2.24, 2.45) is 0 Å². The molecule has 1 aliphatic heterocycles. The van der Waals surface area contributed by atoms with Gasteiger partial charge in [0.2, 0.25) is 0 Å². The Morgan fingerprint density at radius 1 is 1.36 bits per heavy atom. The van der Waals surface area contributed by atoms with Gasteiger partial charge in [-0.25, -0.2) is 0 Å². The molecule has 1 aromatic heterocycles. The number of rotatable bonds is 3. The van der Waals surface area contributed by atoms with E-state index in [1.54, 1.807) is 16.9 Å². The molecule has 1 saturated heterocycles. The molecule has 1 amide bonds. The zero-order chi connectivity index (χ0) is 17.4. The number of aliphatic hydroxyl groups is 1. The monoisotopic (exact) mass is 340 g/mol. The maximum atomic E-state index is 12.6. The number of nitrogens with one attached hydrogen (secondary N) is 2. The highest BCUT2D eigenvalue weighted by Crippen LogP contribution is 2.50. The fourth-order valence-electron chi connectivity index (χ4n) is 4.34. The summed E-state index contributed by atoms with van der Waals surface area (Å²) in [7, 11) is 0. The van der Waals surface area contributed by atoms with Gasteiger partial charge in [0.1, 0.15) is 5.69 Å². The molecule has 0 unspecified atom stereocenters. The minimum atomic E-state index is -0.621. The predicted octanol–water partition coefficient (Wildman–Crippen LogP) is 1.37. The van der Waals surface area contributed by atoms with Gasteiger partial charge in [-0.2, -0.15) is 5.10 Å². The average molecular weight is 340 g/mol. The lowest BCUT2D eigenvalue weighted by atomic mass is 9.72. The first-order chi connectivity index (χ1) is 12.2. The number of piperidine rings is 1. The molecule has 1 spiro atoms. The highest BCUT2D eigenvalue weighted by atomic mass is 16.3. The molecule has 2 aromatic rings. The third-order valence-corrected chi connectivity index (χ3v) is 5.69. The van der Waals surface area contributed by atoms with Crippen molar-refractivity contribution in [1.29, 1.82) is 0 Å². The maximum Gasteiger partial charge on any atom is 0.272 e. The van der Waals surface area contributed by atoms with Crippen LogP contribution in [0.25, 0.3) is 0 Å². The van der Waals surface area contributed by atoms with Crippen LogP contribution in [0.2, 0.25) is 0 Å². The van der Waals surface area contributed by atoms with E-state index in [0.717, 1.165) is 38.0 Å². The second-order valence-corrected chi connectivity index (χ2v) is 6.95. The summed E-state index contributed by atoms with van der Waals surface area (Å²) in [5, 5.41) is 21.8. The van der Waals surface area contributed by atoms with Gasteiger partial charge in [0.15, 0.2) is 0 Å². The average Bonchev–Trinajstić information content (AvgIpc) is 3.22. The summed E-state index contributed by atoms with van der Waals surface area (Å²) in [6.07, 6.45) is 2.93. The lowest BCUT2D eigenvalue weighted by Crippen LogP contribution is -2.48. The summed E-state index contributed by atoms with van der Waals surface area (Å²) >= 11 is 0. The zero-order valence-electron chi connectivity index (χ0n) is 14.4. The zero-order valence-corrected chi connectivity index (χ0v) is 14.4. The van der Waals surface area contributed by atoms with Crippen molar-refractivity contribution >= 4 is 5.91 Å². The second-order valence-electron chi connectivity index (χ2n) is 6.95. The van der Waals surface area contributed by atoms with Crippen LogP contribution in [0.3, 0.4) is 0 Å². The Morgan fingerprint density at radius 2 is 2.12 bits per heavy atom. The normalized spacial score (nSPS) is 24.2. The van der Waals surface area contributed by atoms with Gasteiger partial charge in [0.25, 0.3) is 5.91 Å². The molecule has 2 heterocycles. The van der Waals surface area contributed by atoms with Crippen LogP contribution in [0.4, 0.5) is 0 Å². The van der Waals surface area contributed by atoms with E-state index in [4.69, 9.17) is 0 Å². The van der Waals surface area contributed by atoms with E-state index in [-0.39, 0.29) is 11.3 Å². The molecule has 0 saturated carbocycles. The number of hydrogen-bond acceptors (Lipinski definition) is 4. The van der Waals surface area contributed by atoms with Gasteiger partial charge < -0.3 is 15.7 Å².